The molecule has 1 spiro atoms. The summed E-state index contributed by atoms with van der Waals surface area (Å²) in [7, 11) is 0. The zero-order chi connectivity index (χ0) is 40.6. The van der Waals surface area contributed by atoms with Crippen molar-refractivity contribution in [2.45, 2.75) is 133 Å². The minimum atomic E-state index is -5.93. The van der Waals surface area contributed by atoms with Gasteiger partial charge in [0.1, 0.15) is 5.60 Å². The van der Waals surface area contributed by atoms with Gasteiger partial charge in [-0.1, -0.05) is 50.6 Å². The Morgan fingerprint density at radius 1 is 0.877 bits per heavy atom. The number of benzene rings is 2. The number of nitrogens with zero attached hydrogens (tertiary/aromatic N) is 1. The van der Waals surface area contributed by atoms with Crippen LogP contribution in [-0.2, 0) is 16.0 Å². The minimum absolute atomic E-state index is 0.0196. The third kappa shape index (κ3) is 6.95. The molecular weight excluding hydrogens is 745 g/mol. The Hall–Kier alpha value is -3.26. The van der Waals surface area contributed by atoms with Gasteiger partial charge in [0.15, 0.2) is 5.79 Å². The van der Waals surface area contributed by atoms with Gasteiger partial charge < -0.3 is 35.2 Å². The van der Waals surface area contributed by atoms with E-state index in [1.165, 1.54) is 26.2 Å². The molecule has 4 aliphatic carbocycles. The maximum absolute atomic E-state index is 15.5. The van der Waals surface area contributed by atoms with E-state index in [0.717, 1.165) is 35.5 Å². The molecule has 2 aliphatic heterocycles. The maximum Gasteiger partial charge on any atom is 0.456 e. The number of amides is 2. The van der Waals surface area contributed by atoms with Crippen molar-refractivity contribution < 1.29 is 46.4 Å². The molecule has 3 saturated carbocycles. The van der Waals surface area contributed by atoms with Crippen LogP contribution in [0.3, 0.4) is 0 Å². The summed E-state index contributed by atoms with van der Waals surface area (Å²) in [5.41, 5.74) is -1.61. The van der Waals surface area contributed by atoms with E-state index in [2.05, 4.69) is 29.4 Å². The van der Waals surface area contributed by atoms with Gasteiger partial charge in [-0.3, -0.25) is 0 Å². The molecule has 57 heavy (non-hydrogen) atoms. The van der Waals surface area contributed by atoms with Crippen molar-refractivity contribution in [3.8, 4) is 0 Å². The number of nitrogens with one attached hydrogen (secondary N) is 2. The number of carbonyl (C=O) groups is 1. The van der Waals surface area contributed by atoms with Crippen molar-refractivity contribution in [2.75, 3.05) is 36.5 Å². The van der Waals surface area contributed by atoms with Crippen LogP contribution < -0.4 is 15.5 Å². The zero-order valence-electron chi connectivity index (χ0n) is 33.1. The van der Waals surface area contributed by atoms with Gasteiger partial charge in [-0.2, -0.15) is 22.0 Å². The SMILES string of the molecule is CC1(C)COC2(CCC3=C4C(CCC3(O)C2)C2CC[C@@](O)(C(F)(F)C(F)(F)F)[C@@]2(C)C[C@@H]4c2ccc(CNC(=O)Nc3ccc(N4CCCCC4)cc3)cc2)OC1. The summed E-state index contributed by atoms with van der Waals surface area (Å²) in [6, 6.07) is 14.7. The first kappa shape index (κ1) is 40.5. The number of alkyl halides is 5. The number of aliphatic hydroxyl groups is 2. The Morgan fingerprint density at radius 3 is 2.19 bits per heavy atom. The fourth-order valence-electron chi connectivity index (χ4n) is 11.4. The number of piperidine rings is 1. The first-order valence-electron chi connectivity index (χ1n) is 20.7. The van der Waals surface area contributed by atoms with Gasteiger partial charge in [0.25, 0.3) is 0 Å². The lowest BCUT2D eigenvalue weighted by atomic mass is 9.49. The summed E-state index contributed by atoms with van der Waals surface area (Å²) < 4.78 is 85.9. The molecule has 2 saturated heterocycles. The number of hydrogen-bond acceptors (Lipinski definition) is 6. The van der Waals surface area contributed by atoms with Crippen LogP contribution in [0.5, 0.6) is 0 Å². The number of carbonyl (C=O) groups excluding carboxylic acids is 1. The van der Waals surface area contributed by atoms with E-state index < -0.39 is 58.7 Å². The summed E-state index contributed by atoms with van der Waals surface area (Å²) in [6.45, 7) is 8.70. The third-order valence-electron chi connectivity index (χ3n) is 14.6. The van der Waals surface area contributed by atoms with Crippen molar-refractivity contribution in [3.05, 3.63) is 70.8 Å². The second-order valence-corrected chi connectivity index (χ2v) is 18.8. The molecule has 2 heterocycles. The molecule has 2 aromatic rings. The lowest BCUT2D eigenvalue weighted by Crippen LogP contribution is -2.65. The molecule has 3 unspecified atom stereocenters. The van der Waals surface area contributed by atoms with Gasteiger partial charge in [0.2, 0.25) is 0 Å². The van der Waals surface area contributed by atoms with E-state index in [1.54, 1.807) is 0 Å². The highest BCUT2D eigenvalue weighted by molar-refractivity contribution is 5.89. The van der Waals surface area contributed by atoms with Crippen molar-refractivity contribution >= 4 is 17.4 Å². The Bertz CT molecular complexity index is 1850. The Morgan fingerprint density at radius 2 is 1.54 bits per heavy atom. The number of urea groups is 1. The maximum atomic E-state index is 15.5. The van der Waals surface area contributed by atoms with Crippen molar-refractivity contribution in [3.63, 3.8) is 0 Å². The molecule has 6 atom stereocenters. The highest BCUT2D eigenvalue weighted by atomic mass is 19.4. The van der Waals surface area contributed by atoms with Gasteiger partial charge in [0.05, 0.1) is 18.8 Å². The average Bonchev–Trinajstić information content (AvgIpc) is 3.46. The van der Waals surface area contributed by atoms with Crippen molar-refractivity contribution in [1.82, 2.24) is 5.32 Å². The first-order chi connectivity index (χ1) is 26.8. The highest BCUT2D eigenvalue weighted by Gasteiger charge is 2.79. The lowest BCUT2D eigenvalue weighted by molar-refractivity contribution is -0.362. The number of halogens is 5. The molecule has 6 aliphatic rings. The van der Waals surface area contributed by atoms with Crippen LogP contribution in [0.15, 0.2) is 59.7 Å². The topological polar surface area (TPSA) is 103 Å². The minimum Gasteiger partial charge on any atom is -0.385 e. The summed E-state index contributed by atoms with van der Waals surface area (Å²) in [5.74, 6) is -7.95. The highest BCUT2D eigenvalue weighted by Crippen LogP contribution is 2.71. The standard InChI is InChI=1S/C44H56F5N3O5/c1-38(2)26-56-41(57-27-38)19-16-35-36-32(15-18-40(35,54)25-41)34-17-20-42(55,43(45,46)44(47,48)49)39(34,3)23-33(36)29-9-7-28(8-10-29)24-50-37(53)51-30-11-13-31(14-12-30)52-21-5-4-6-22-52/h7-14,32-34,54-55H,4-6,15-27H2,1-3H3,(H2,50,51,53)/t32?,33-,34?,39+,40?,42+/m1/s1. The fourth-order valence-corrected chi connectivity index (χ4v) is 11.4. The molecule has 0 radical (unpaired) electrons. The molecule has 4 N–H and O–H groups in total. The smallest absolute Gasteiger partial charge is 0.385 e. The second-order valence-electron chi connectivity index (χ2n) is 18.8. The van der Waals surface area contributed by atoms with Crippen LogP contribution >= 0.6 is 0 Å². The average molecular weight is 802 g/mol. The Kier molecular flexibility index (Phi) is 10.1. The number of hydrogen-bond donors (Lipinski definition) is 4. The third-order valence-corrected chi connectivity index (χ3v) is 14.6. The van der Waals surface area contributed by atoms with E-state index in [0.29, 0.717) is 43.7 Å². The Balaban J connectivity index is 1.05. The van der Waals surface area contributed by atoms with Gasteiger partial charge >= 0.3 is 18.1 Å². The Labute approximate surface area is 331 Å². The van der Waals surface area contributed by atoms with Gasteiger partial charge in [-0.25, -0.2) is 4.79 Å². The van der Waals surface area contributed by atoms with Crippen LogP contribution in [0.4, 0.5) is 38.1 Å². The quantitative estimate of drug-likeness (QED) is 0.172. The van der Waals surface area contributed by atoms with Gasteiger partial charge in [0, 0.05) is 60.6 Å². The molecule has 5 fully saturated rings. The molecule has 13 heteroatoms. The van der Waals surface area contributed by atoms with Crippen LogP contribution in [0.1, 0.15) is 108 Å². The van der Waals surface area contributed by atoms with Crippen molar-refractivity contribution in [2.24, 2.45) is 22.7 Å². The van der Waals surface area contributed by atoms with Crippen molar-refractivity contribution in [1.29, 1.82) is 0 Å². The number of rotatable bonds is 6. The van der Waals surface area contributed by atoms with Gasteiger partial charge in [-0.05, 0) is 111 Å². The summed E-state index contributed by atoms with van der Waals surface area (Å²) in [6.07, 6.45) is -1.36. The molecular formula is C44H56F5N3O5. The number of anilines is 2. The fraction of sp³-hybridized carbons (Fsp3) is 0.659. The number of fused-ring (bicyclic) bond motifs is 4. The van der Waals surface area contributed by atoms with Crippen LogP contribution in [0.2, 0.25) is 0 Å². The monoisotopic (exact) mass is 801 g/mol. The molecule has 8 nitrogen and oxygen atoms in total. The number of ether oxygens (including phenoxy) is 2. The van der Waals surface area contributed by atoms with E-state index >= 15 is 8.78 Å². The molecule has 312 valence electrons. The summed E-state index contributed by atoms with van der Waals surface area (Å²) in [4.78, 5) is 15.2. The van der Waals surface area contributed by atoms with E-state index in [9.17, 15) is 28.2 Å². The lowest BCUT2D eigenvalue weighted by Gasteiger charge is -2.59. The van der Waals surface area contributed by atoms with Gasteiger partial charge in [-0.15, -0.1) is 0 Å². The van der Waals surface area contributed by atoms with E-state index in [1.807, 2.05) is 48.5 Å². The predicted molar refractivity (Wildman–Crippen MR) is 206 cm³/mol. The number of allylic oxidation sites excluding steroid dienone is 1. The normalized spacial score (nSPS) is 33.6. The summed E-state index contributed by atoms with van der Waals surface area (Å²) in [5, 5.41) is 29.9. The molecule has 2 aromatic carbocycles. The first-order valence-corrected chi connectivity index (χ1v) is 20.7. The van der Waals surface area contributed by atoms with Crippen LogP contribution in [0.25, 0.3) is 0 Å². The summed E-state index contributed by atoms with van der Waals surface area (Å²) >= 11 is 0. The van der Waals surface area contributed by atoms with Crippen LogP contribution in [-0.4, -0.2) is 71.6 Å². The predicted octanol–water partition coefficient (Wildman–Crippen LogP) is 9.22. The van der Waals surface area contributed by atoms with E-state index in [4.69, 9.17) is 9.47 Å². The van der Waals surface area contributed by atoms with E-state index in [-0.39, 0.29) is 43.7 Å². The van der Waals surface area contributed by atoms with Crippen LogP contribution in [0, 0.1) is 22.7 Å². The molecule has 8 rings (SSSR count). The largest absolute Gasteiger partial charge is 0.456 e. The molecule has 0 aromatic heterocycles. The molecule has 0 bridgehead atoms. The molecule has 2 amide bonds. The second kappa shape index (κ2) is 14.2. The zero-order valence-corrected chi connectivity index (χ0v) is 33.1.